The predicted molar refractivity (Wildman–Crippen MR) is 30.9 cm³/mol. The van der Waals surface area contributed by atoms with Crippen LogP contribution in [0.4, 0.5) is 0 Å². The highest BCUT2D eigenvalue weighted by Crippen LogP contribution is 2.18. The van der Waals surface area contributed by atoms with Crippen molar-refractivity contribution in [1.29, 1.82) is 0 Å². The maximum absolute atomic E-state index is 10.8. The van der Waals surface area contributed by atoms with Crippen molar-refractivity contribution in [2.75, 3.05) is 19.7 Å². The van der Waals surface area contributed by atoms with Crippen LogP contribution >= 0.6 is 0 Å². The number of carbonyl (C=O) groups is 1. The Kier molecular flexibility index (Phi) is 0.873. The lowest BCUT2D eigenvalue weighted by Crippen LogP contribution is -2.16. The third-order valence-electron chi connectivity index (χ3n) is 1.64. The zero-order valence-corrected chi connectivity index (χ0v) is 4.94. The van der Waals surface area contributed by atoms with E-state index >= 15 is 0 Å². The van der Waals surface area contributed by atoms with Crippen molar-refractivity contribution in [3.63, 3.8) is 0 Å². The van der Waals surface area contributed by atoms with Crippen LogP contribution in [0.1, 0.15) is 0 Å². The van der Waals surface area contributed by atoms with E-state index in [4.69, 9.17) is 4.74 Å². The first-order valence-electron chi connectivity index (χ1n) is 2.96. The number of nitrogens with one attached hydrogen (secondary N) is 1. The van der Waals surface area contributed by atoms with E-state index in [9.17, 15) is 4.79 Å². The molecule has 3 heteroatoms. The fourth-order valence-corrected chi connectivity index (χ4v) is 1.14. The summed E-state index contributed by atoms with van der Waals surface area (Å²) in [6, 6.07) is 0. The molecule has 0 radical (unpaired) electrons. The molecule has 0 aliphatic carbocycles. The molecule has 2 aliphatic heterocycles. The Morgan fingerprint density at radius 1 is 1.44 bits per heavy atom. The van der Waals surface area contributed by atoms with Gasteiger partial charge in [0.1, 0.15) is 5.76 Å². The minimum atomic E-state index is 0.148. The van der Waals surface area contributed by atoms with E-state index in [0.29, 0.717) is 6.54 Å². The van der Waals surface area contributed by atoms with Gasteiger partial charge in [-0.2, -0.15) is 0 Å². The van der Waals surface area contributed by atoms with Gasteiger partial charge in [-0.3, -0.25) is 4.79 Å². The van der Waals surface area contributed by atoms with Crippen molar-refractivity contribution < 1.29 is 9.53 Å². The standard InChI is InChI=1S/C6H7NO2/c8-5-3-9-6-2-7-1-4(5)6/h7H,1-3H2. The summed E-state index contributed by atoms with van der Waals surface area (Å²) in [5.41, 5.74) is 0.856. The van der Waals surface area contributed by atoms with E-state index in [2.05, 4.69) is 5.32 Å². The van der Waals surface area contributed by atoms with Gasteiger partial charge in [-0.25, -0.2) is 0 Å². The number of ether oxygens (including phenoxy) is 1. The Hall–Kier alpha value is -0.830. The second-order valence-electron chi connectivity index (χ2n) is 2.22. The van der Waals surface area contributed by atoms with Crippen molar-refractivity contribution in [3.8, 4) is 0 Å². The fourth-order valence-electron chi connectivity index (χ4n) is 1.14. The second-order valence-corrected chi connectivity index (χ2v) is 2.22. The second kappa shape index (κ2) is 1.57. The highest BCUT2D eigenvalue weighted by Gasteiger charge is 2.27. The van der Waals surface area contributed by atoms with Crippen LogP contribution in [0.5, 0.6) is 0 Å². The van der Waals surface area contributed by atoms with E-state index in [0.717, 1.165) is 17.9 Å². The Bertz CT molecular complexity index is 195. The molecular formula is C6H7NO2. The molecule has 9 heavy (non-hydrogen) atoms. The van der Waals surface area contributed by atoms with E-state index in [-0.39, 0.29) is 12.4 Å². The molecule has 1 N–H and O–H groups in total. The quantitative estimate of drug-likeness (QED) is 0.471. The van der Waals surface area contributed by atoms with Gasteiger partial charge in [-0.05, 0) is 0 Å². The van der Waals surface area contributed by atoms with Gasteiger partial charge in [0.25, 0.3) is 0 Å². The van der Waals surface area contributed by atoms with Crippen molar-refractivity contribution >= 4 is 5.78 Å². The van der Waals surface area contributed by atoms with E-state index in [1.54, 1.807) is 0 Å². The Morgan fingerprint density at radius 3 is 3.11 bits per heavy atom. The molecule has 2 rings (SSSR count). The summed E-state index contributed by atoms with van der Waals surface area (Å²) in [7, 11) is 0. The summed E-state index contributed by atoms with van der Waals surface area (Å²) in [5.74, 6) is 1.01. The summed E-state index contributed by atoms with van der Waals surface area (Å²) in [6.45, 7) is 1.71. The van der Waals surface area contributed by atoms with Gasteiger partial charge in [0.2, 0.25) is 5.78 Å². The minimum absolute atomic E-state index is 0.148. The van der Waals surface area contributed by atoms with Crippen LogP contribution in [0.2, 0.25) is 0 Å². The van der Waals surface area contributed by atoms with Gasteiger partial charge in [0.05, 0.1) is 12.1 Å². The lowest BCUT2D eigenvalue weighted by molar-refractivity contribution is -0.116. The monoisotopic (exact) mass is 125 g/mol. The molecule has 0 fully saturated rings. The van der Waals surface area contributed by atoms with Gasteiger partial charge in [-0.15, -0.1) is 0 Å². The van der Waals surface area contributed by atoms with Crippen molar-refractivity contribution in [3.05, 3.63) is 11.3 Å². The maximum atomic E-state index is 10.8. The van der Waals surface area contributed by atoms with Crippen LogP contribution in [0, 0.1) is 0 Å². The first kappa shape index (κ1) is 4.99. The molecule has 2 heterocycles. The van der Waals surface area contributed by atoms with Crippen molar-refractivity contribution in [2.45, 2.75) is 0 Å². The molecule has 0 unspecified atom stereocenters. The molecule has 0 atom stereocenters. The molecule has 0 aromatic carbocycles. The largest absolute Gasteiger partial charge is 0.488 e. The van der Waals surface area contributed by atoms with E-state index in [1.165, 1.54) is 0 Å². The first-order valence-corrected chi connectivity index (χ1v) is 2.96. The zero-order valence-electron chi connectivity index (χ0n) is 4.94. The van der Waals surface area contributed by atoms with E-state index in [1.807, 2.05) is 0 Å². The number of carbonyl (C=O) groups excluding carboxylic acids is 1. The number of ketones is 1. The topological polar surface area (TPSA) is 38.3 Å². The molecule has 2 aliphatic rings. The molecule has 48 valence electrons. The van der Waals surface area contributed by atoms with Gasteiger partial charge in [0, 0.05) is 6.54 Å². The Balaban J connectivity index is 2.34. The summed E-state index contributed by atoms with van der Waals surface area (Å²) in [5, 5.41) is 3.03. The van der Waals surface area contributed by atoms with Crippen LogP contribution in [0.15, 0.2) is 11.3 Å². The van der Waals surface area contributed by atoms with Crippen LogP contribution in [0.3, 0.4) is 0 Å². The molecule has 0 bridgehead atoms. The smallest absolute Gasteiger partial charge is 0.200 e. The molecule has 0 saturated carbocycles. The summed E-state index contributed by atoms with van der Waals surface area (Å²) < 4.78 is 5.06. The van der Waals surface area contributed by atoms with Crippen LogP contribution in [0.25, 0.3) is 0 Å². The van der Waals surface area contributed by atoms with Gasteiger partial charge < -0.3 is 10.1 Å². The SMILES string of the molecule is O=C1COC2=C1CNC2. The normalized spacial score (nSPS) is 24.7. The molecule has 0 aromatic rings. The number of Topliss-reactive ketones (excluding diaryl/α,β-unsaturated/α-hetero) is 1. The third kappa shape index (κ3) is 0.580. The third-order valence-corrected chi connectivity index (χ3v) is 1.64. The lowest BCUT2D eigenvalue weighted by atomic mass is 10.2. The van der Waals surface area contributed by atoms with E-state index < -0.39 is 0 Å². The Labute approximate surface area is 52.7 Å². The van der Waals surface area contributed by atoms with Crippen LogP contribution < -0.4 is 5.32 Å². The number of rotatable bonds is 0. The molecule has 0 amide bonds. The highest BCUT2D eigenvalue weighted by atomic mass is 16.5. The van der Waals surface area contributed by atoms with Crippen molar-refractivity contribution in [2.24, 2.45) is 0 Å². The molecule has 0 spiro atoms. The fraction of sp³-hybridized carbons (Fsp3) is 0.500. The van der Waals surface area contributed by atoms with Crippen LogP contribution in [-0.2, 0) is 9.53 Å². The zero-order chi connectivity index (χ0) is 6.27. The molecule has 3 nitrogen and oxygen atoms in total. The summed E-state index contributed by atoms with van der Waals surface area (Å²) in [6.07, 6.45) is 0. The number of hydrogen-bond donors (Lipinski definition) is 1. The molecule has 0 saturated heterocycles. The average Bonchev–Trinajstić information content (AvgIpc) is 2.35. The predicted octanol–water partition coefficient (Wildman–Crippen LogP) is -0.557. The van der Waals surface area contributed by atoms with Gasteiger partial charge in [-0.1, -0.05) is 0 Å². The van der Waals surface area contributed by atoms with Crippen LogP contribution in [-0.4, -0.2) is 25.5 Å². The Morgan fingerprint density at radius 2 is 2.33 bits per heavy atom. The summed E-state index contributed by atoms with van der Waals surface area (Å²) in [4.78, 5) is 10.8. The van der Waals surface area contributed by atoms with Gasteiger partial charge in [0.15, 0.2) is 6.61 Å². The average molecular weight is 125 g/mol. The number of hydrogen-bond acceptors (Lipinski definition) is 3. The molecule has 0 aromatic heterocycles. The first-order chi connectivity index (χ1) is 4.38. The summed E-state index contributed by atoms with van der Waals surface area (Å²) >= 11 is 0. The highest BCUT2D eigenvalue weighted by molar-refractivity contribution is 5.99. The van der Waals surface area contributed by atoms with Gasteiger partial charge >= 0.3 is 0 Å². The lowest BCUT2D eigenvalue weighted by Gasteiger charge is -1.96. The molecular weight excluding hydrogens is 118 g/mol. The maximum Gasteiger partial charge on any atom is 0.200 e. The van der Waals surface area contributed by atoms with Crippen molar-refractivity contribution in [1.82, 2.24) is 5.32 Å². The minimum Gasteiger partial charge on any atom is -0.488 e.